The molecule has 0 aromatic carbocycles. The summed E-state index contributed by atoms with van der Waals surface area (Å²) in [7, 11) is 0. The summed E-state index contributed by atoms with van der Waals surface area (Å²) in [4.78, 5) is 14.6. The van der Waals surface area contributed by atoms with Crippen LogP contribution in [0.5, 0.6) is 5.88 Å². The minimum absolute atomic E-state index is 0.130. The van der Waals surface area contributed by atoms with Crippen molar-refractivity contribution in [2.24, 2.45) is 0 Å². The summed E-state index contributed by atoms with van der Waals surface area (Å²) >= 11 is 0. The fourth-order valence-electron chi connectivity index (χ4n) is 2.87. The maximum Gasteiger partial charge on any atom is 0.336 e. The molecule has 1 saturated carbocycles. The molecule has 0 radical (unpaired) electrons. The molecule has 1 aromatic heterocycles. The Morgan fingerprint density at radius 3 is 2.52 bits per heavy atom. The molecule has 23 heavy (non-hydrogen) atoms. The third kappa shape index (κ3) is 3.50. The highest BCUT2D eigenvalue weighted by atomic mass is 19.4. The fraction of sp³-hybridized carbons (Fsp3) is 0.571. The molecule has 1 aliphatic heterocycles. The van der Waals surface area contributed by atoms with E-state index in [-0.39, 0.29) is 17.5 Å². The molecular formula is C14H16F2N2O5. The topological polar surface area (TPSA) is 81.1 Å². The zero-order valence-corrected chi connectivity index (χ0v) is 12.2. The quantitative estimate of drug-likeness (QED) is 0.849. The number of carboxylic acids is 1. The maximum atomic E-state index is 12.7. The van der Waals surface area contributed by atoms with Crippen LogP contribution < -0.4 is 10.1 Å². The SMILES string of the molecule is O=C(O)c1cc(OC2CCC3(CC2)OCCO3)nc(N(F)F)c1. The normalized spacial score (nSPS) is 20.6. The molecule has 1 N–H and O–H groups in total. The van der Waals surface area contributed by atoms with Gasteiger partial charge in [0, 0.05) is 25.0 Å². The molecule has 126 valence electrons. The summed E-state index contributed by atoms with van der Waals surface area (Å²) in [5, 5.41) is 7.74. The van der Waals surface area contributed by atoms with E-state index in [1.807, 2.05) is 0 Å². The Bertz CT molecular complexity index is 583. The minimum Gasteiger partial charge on any atom is -0.478 e. The number of anilines is 1. The van der Waals surface area contributed by atoms with Crippen molar-refractivity contribution in [1.29, 1.82) is 0 Å². The number of hydrogen-bond donors (Lipinski definition) is 1. The van der Waals surface area contributed by atoms with Crippen LogP contribution in [0.15, 0.2) is 12.1 Å². The average Bonchev–Trinajstić information content (AvgIpc) is 2.98. The Balaban J connectivity index is 1.69. The zero-order chi connectivity index (χ0) is 16.4. The lowest BCUT2D eigenvalue weighted by Gasteiger charge is -2.35. The number of carbonyl (C=O) groups is 1. The second-order valence-corrected chi connectivity index (χ2v) is 5.52. The van der Waals surface area contributed by atoms with E-state index in [1.54, 1.807) is 0 Å². The van der Waals surface area contributed by atoms with Crippen molar-refractivity contribution in [3.05, 3.63) is 17.7 Å². The van der Waals surface area contributed by atoms with E-state index in [1.165, 1.54) is 0 Å². The van der Waals surface area contributed by atoms with Gasteiger partial charge in [0.1, 0.15) is 6.10 Å². The number of rotatable bonds is 4. The molecule has 3 rings (SSSR count). The Hall–Kier alpha value is -2.00. The van der Waals surface area contributed by atoms with Gasteiger partial charge in [-0.1, -0.05) is 8.96 Å². The van der Waals surface area contributed by atoms with Gasteiger partial charge in [-0.15, -0.1) is 0 Å². The molecule has 0 unspecified atom stereocenters. The zero-order valence-electron chi connectivity index (χ0n) is 12.2. The van der Waals surface area contributed by atoms with Gasteiger partial charge in [0.15, 0.2) is 11.6 Å². The monoisotopic (exact) mass is 330 g/mol. The summed E-state index contributed by atoms with van der Waals surface area (Å²) in [6.07, 6.45) is 2.26. The van der Waals surface area contributed by atoms with E-state index in [2.05, 4.69) is 4.98 Å². The molecule has 1 saturated heterocycles. The fourth-order valence-corrected chi connectivity index (χ4v) is 2.87. The molecule has 9 heteroatoms. The third-order valence-corrected chi connectivity index (χ3v) is 4.00. The summed E-state index contributed by atoms with van der Waals surface area (Å²) in [5.74, 6) is -2.77. The summed E-state index contributed by atoms with van der Waals surface area (Å²) in [5.41, 5.74) is -0.306. The second-order valence-electron chi connectivity index (χ2n) is 5.52. The van der Waals surface area contributed by atoms with Crippen LogP contribution in [0.2, 0.25) is 0 Å². The van der Waals surface area contributed by atoms with Gasteiger partial charge in [-0.25, -0.2) is 4.79 Å². The van der Waals surface area contributed by atoms with Crippen LogP contribution in [0, 0.1) is 0 Å². The van der Waals surface area contributed by atoms with Crippen molar-refractivity contribution in [2.75, 3.05) is 18.6 Å². The summed E-state index contributed by atoms with van der Waals surface area (Å²) in [6.45, 7) is 1.14. The van der Waals surface area contributed by atoms with Crippen molar-refractivity contribution in [3.63, 3.8) is 0 Å². The lowest BCUT2D eigenvalue weighted by Crippen LogP contribution is -2.38. The van der Waals surface area contributed by atoms with Crippen LogP contribution in [0.1, 0.15) is 36.0 Å². The average molecular weight is 330 g/mol. The first-order valence-corrected chi connectivity index (χ1v) is 7.29. The molecule has 1 aliphatic carbocycles. The van der Waals surface area contributed by atoms with Gasteiger partial charge in [0.05, 0.1) is 18.8 Å². The van der Waals surface area contributed by atoms with E-state index in [9.17, 15) is 13.8 Å². The standard InChI is InChI=1S/C14H16F2N2O5/c15-18(16)11-7-9(13(19)20)8-12(17-11)23-10-1-3-14(4-2-10)21-5-6-22-14/h7-8,10H,1-6H2,(H,19,20). The maximum absolute atomic E-state index is 12.7. The Morgan fingerprint density at radius 1 is 1.30 bits per heavy atom. The molecule has 7 nitrogen and oxygen atoms in total. The number of hydrogen-bond acceptors (Lipinski definition) is 6. The molecular weight excluding hydrogens is 314 g/mol. The number of pyridine rings is 1. The Labute approximate surface area is 130 Å². The van der Waals surface area contributed by atoms with Gasteiger partial charge >= 0.3 is 5.97 Å². The highest BCUT2D eigenvalue weighted by Crippen LogP contribution is 2.37. The van der Waals surface area contributed by atoms with Crippen LogP contribution in [-0.2, 0) is 9.47 Å². The van der Waals surface area contributed by atoms with Crippen LogP contribution in [0.4, 0.5) is 14.8 Å². The van der Waals surface area contributed by atoms with Crippen LogP contribution in [0.25, 0.3) is 0 Å². The first-order valence-electron chi connectivity index (χ1n) is 7.29. The predicted octanol–water partition coefficient (Wildman–Crippen LogP) is 2.42. The van der Waals surface area contributed by atoms with Gasteiger partial charge in [-0.05, 0) is 18.2 Å². The van der Waals surface area contributed by atoms with Gasteiger partial charge in [0.2, 0.25) is 5.88 Å². The molecule has 2 heterocycles. The minimum atomic E-state index is -1.32. The van der Waals surface area contributed by atoms with Gasteiger partial charge in [0.25, 0.3) is 0 Å². The Morgan fingerprint density at radius 2 is 1.96 bits per heavy atom. The van der Waals surface area contributed by atoms with Crippen molar-refractivity contribution in [3.8, 4) is 5.88 Å². The van der Waals surface area contributed by atoms with Gasteiger partial charge in [-0.2, -0.15) is 4.98 Å². The van der Waals surface area contributed by atoms with Gasteiger partial charge in [-0.3, -0.25) is 0 Å². The predicted molar refractivity (Wildman–Crippen MR) is 73.4 cm³/mol. The smallest absolute Gasteiger partial charge is 0.336 e. The highest BCUT2D eigenvalue weighted by molar-refractivity contribution is 5.88. The lowest BCUT2D eigenvalue weighted by molar-refractivity contribution is -0.186. The first kappa shape index (κ1) is 15.9. The third-order valence-electron chi connectivity index (χ3n) is 4.00. The lowest BCUT2D eigenvalue weighted by atomic mass is 9.92. The van der Waals surface area contributed by atoms with Gasteiger partial charge < -0.3 is 19.3 Å². The molecule has 2 aliphatic rings. The number of carboxylic acid groups (broad SMARTS) is 1. The number of ether oxygens (including phenoxy) is 3. The molecule has 2 fully saturated rings. The van der Waals surface area contributed by atoms with Crippen molar-refractivity contribution < 1.29 is 33.1 Å². The Kier molecular flexibility index (Phi) is 4.31. The van der Waals surface area contributed by atoms with E-state index >= 15 is 0 Å². The summed E-state index contributed by atoms with van der Waals surface area (Å²) in [6, 6.07) is 1.92. The van der Waals surface area contributed by atoms with Crippen LogP contribution in [0.3, 0.4) is 0 Å². The second kappa shape index (κ2) is 6.25. The number of halogens is 2. The molecule has 0 amide bonds. The summed E-state index contributed by atoms with van der Waals surface area (Å²) < 4.78 is 42.1. The number of nitrogens with zero attached hydrogens (tertiary/aromatic N) is 2. The van der Waals surface area contributed by atoms with E-state index in [0.717, 1.165) is 12.1 Å². The molecule has 1 spiro atoms. The van der Waals surface area contributed by atoms with Crippen LogP contribution in [-0.4, -0.2) is 41.2 Å². The van der Waals surface area contributed by atoms with Crippen molar-refractivity contribution in [1.82, 2.24) is 4.98 Å². The highest BCUT2D eigenvalue weighted by Gasteiger charge is 2.41. The molecule has 0 atom stereocenters. The van der Waals surface area contributed by atoms with E-state index in [4.69, 9.17) is 19.3 Å². The van der Waals surface area contributed by atoms with Crippen molar-refractivity contribution >= 4 is 11.8 Å². The molecule has 0 bridgehead atoms. The van der Waals surface area contributed by atoms with Crippen LogP contribution >= 0.6 is 0 Å². The van der Waals surface area contributed by atoms with E-state index < -0.39 is 22.9 Å². The number of aromatic carboxylic acids is 1. The number of aromatic nitrogens is 1. The molecule has 1 aromatic rings. The van der Waals surface area contributed by atoms with E-state index in [0.29, 0.717) is 38.9 Å². The first-order chi connectivity index (χ1) is 11.0. The largest absolute Gasteiger partial charge is 0.478 e. The van der Waals surface area contributed by atoms with Crippen molar-refractivity contribution in [2.45, 2.75) is 37.6 Å².